The Labute approximate surface area is 112 Å². The second kappa shape index (κ2) is 7.38. The van der Waals surface area contributed by atoms with Crippen molar-refractivity contribution in [3.8, 4) is 0 Å². The summed E-state index contributed by atoms with van der Waals surface area (Å²) in [4.78, 5) is 11.8. The number of aryl methyl sites for hydroxylation is 1. The van der Waals surface area contributed by atoms with Gasteiger partial charge in [0.15, 0.2) is 0 Å². The Balaban J connectivity index is 2.52. The van der Waals surface area contributed by atoms with Gasteiger partial charge >= 0.3 is 5.97 Å². The number of carbonyl (C=O) groups excluding carboxylic acids is 1. The van der Waals surface area contributed by atoms with Gasteiger partial charge in [-0.3, -0.25) is 9.48 Å². The van der Waals surface area contributed by atoms with Crippen molar-refractivity contribution >= 4 is 17.6 Å². The van der Waals surface area contributed by atoms with Gasteiger partial charge in [0.1, 0.15) is 6.04 Å². The van der Waals surface area contributed by atoms with Gasteiger partial charge in [0.2, 0.25) is 0 Å². The third-order valence-electron chi connectivity index (χ3n) is 2.35. The highest BCUT2D eigenvalue weighted by atomic mass is 35.5. The largest absolute Gasteiger partial charge is 0.465 e. The van der Waals surface area contributed by atoms with Crippen molar-refractivity contribution in [3.63, 3.8) is 0 Å². The van der Waals surface area contributed by atoms with E-state index in [-0.39, 0.29) is 18.1 Å². The summed E-state index contributed by atoms with van der Waals surface area (Å²) in [6.07, 6.45) is 3.94. The van der Waals surface area contributed by atoms with Gasteiger partial charge in [0, 0.05) is 18.8 Å². The van der Waals surface area contributed by atoms with Gasteiger partial charge in [0.05, 0.1) is 17.8 Å². The second-order valence-electron chi connectivity index (χ2n) is 4.34. The zero-order chi connectivity index (χ0) is 13.5. The average Bonchev–Trinajstić information content (AvgIpc) is 2.70. The van der Waals surface area contributed by atoms with Crippen molar-refractivity contribution < 1.29 is 9.53 Å². The van der Waals surface area contributed by atoms with Gasteiger partial charge in [-0.2, -0.15) is 5.10 Å². The van der Waals surface area contributed by atoms with Crippen LogP contribution in [0.15, 0.2) is 12.4 Å². The van der Waals surface area contributed by atoms with Crippen LogP contribution in [0.2, 0.25) is 5.02 Å². The van der Waals surface area contributed by atoms with Crippen LogP contribution in [0, 0.1) is 0 Å². The normalized spacial score (nSPS) is 12.7. The molecule has 0 aliphatic rings. The predicted octanol–water partition coefficient (Wildman–Crippen LogP) is 1.86. The van der Waals surface area contributed by atoms with E-state index < -0.39 is 0 Å². The Kier molecular flexibility index (Phi) is 6.15. The van der Waals surface area contributed by atoms with Gasteiger partial charge in [0.25, 0.3) is 0 Å². The van der Waals surface area contributed by atoms with Crippen molar-refractivity contribution in [2.45, 2.75) is 45.8 Å². The summed E-state index contributed by atoms with van der Waals surface area (Å²) in [5.41, 5.74) is 0. The molecule has 0 spiro atoms. The van der Waals surface area contributed by atoms with Crippen molar-refractivity contribution in [3.05, 3.63) is 17.4 Å². The zero-order valence-corrected chi connectivity index (χ0v) is 11.8. The number of aromatic nitrogens is 2. The molecule has 1 N–H and O–H groups in total. The average molecular weight is 274 g/mol. The summed E-state index contributed by atoms with van der Waals surface area (Å²) in [6, 6.07) is -0.0893. The van der Waals surface area contributed by atoms with Crippen molar-refractivity contribution in [1.82, 2.24) is 15.1 Å². The van der Waals surface area contributed by atoms with Crippen molar-refractivity contribution in [2.75, 3.05) is 6.61 Å². The van der Waals surface area contributed by atoms with Gasteiger partial charge in [-0.15, -0.1) is 0 Å². The van der Waals surface area contributed by atoms with Crippen LogP contribution in [0.25, 0.3) is 0 Å². The van der Waals surface area contributed by atoms with Crippen LogP contribution in [-0.4, -0.2) is 34.4 Å². The molecule has 18 heavy (non-hydrogen) atoms. The summed E-state index contributed by atoms with van der Waals surface area (Å²) >= 11 is 5.78. The first-order chi connectivity index (χ1) is 8.52. The molecule has 1 aromatic heterocycles. The number of esters is 1. The van der Waals surface area contributed by atoms with Crippen LogP contribution in [0.4, 0.5) is 0 Å². The quantitative estimate of drug-likeness (QED) is 0.771. The summed E-state index contributed by atoms with van der Waals surface area (Å²) in [5, 5.41) is 7.87. The summed E-state index contributed by atoms with van der Waals surface area (Å²) < 4.78 is 6.76. The zero-order valence-electron chi connectivity index (χ0n) is 11.0. The highest BCUT2D eigenvalue weighted by Gasteiger charge is 2.20. The number of nitrogens with one attached hydrogen (secondary N) is 1. The maximum Gasteiger partial charge on any atom is 0.323 e. The fourth-order valence-electron chi connectivity index (χ4n) is 1.64. The SMILES string of the molecule is CCOC(=O)C(CCn1cc(Cl)cn1)NC(C)C. The number of hydrogen-bond acceptors (Lipinski definition) is 4. The number of carbonyl (C=O) groups is 1. The minimum atomic E-state index is -0.312. The Morgan fingerprint density at radius 2 is 2.33 bits per heavy atom. The van der Waals surface area contributed by atoms with E-state index in [1.165, 1.54) is 0 Å². The molecule has 102 valence electrons. The molecular formula is C12H20ClN3O2. The number of hydrogen-bond donors (Lipinski definition) is 1. The van der Waals surface area contributed by atoms with Gasteiger partial charge in [-0.25, -0.2) is 0 Å². The predicted molar refractivity (Wildman–Crippen MR) is 70.5 cm³/mol. The number of rotatable bonds is 7. The van der Waals surface area contributed by atoms with Crippen LogP contribution in [-0.2, 0) is 16.1 Å². The monoisotopic (exact) mass is 273 g/mol. The number of ether oxygens (including phenoxy) is 1. The van der Waals surface area contributed by atoms with E-state index in [4.69, 9.17) is 16.3 Å². The van der Waals surface area contributed by atoms with E-state index in [2.05, 4.69) is 10.4 Å². The Hall–Kier alpha value is -1.07. The molecule has 0 aliphatic carbocycles. The lowest BCUT2D eigenvalue weighted by atomic mass is 10.2. The van der Waals surface area contributed by atoms with E-state index in [1.807, 2.05) is 13.8 Å². The van der Waals surface area contributed by atoms with E-state index in [1.54, 1.807) is 24.0 Å². The summed E-state index contributed by atoms with van der Waals surface area (Å²) in [7, 11) is 0. The van der Waals surface area contributed by atoms with E-state index >= 15 is 0 Å². The minimum absolute atomic E-state index is 0.218. The lowest BCUT2D eigenvalue weighted by Crippen LogP contribution is -2.42. The molecule has 0 aliphatic heterocycles. The fourth-order valence-corrected chi connectivity index (χ4v) is 1.79. The van der Waals surface area contributed by atoms with E-state index in [0.717, 1.165) is 0 Å². The second-order valence-corrected chi connectivity index (χ2v) is 4.77. The first-order valence-corrected chi connectivity index (χ1v) is 6.51. The highest BCUT2D eigenvalue weighted by Crippen LogP contribution is 2.07. The lowest BCUT2D eigenvalue weighted by Gasteiger charge is -2.19. The van der Waals surface area contributed by atoms with Gasteiger partial charge in [-0.1, -0.05) is 25.4 Å². The third-order valence-corrected chi connectivity index (χ3v) is 2.55. The molecule has 0 saturated carbocycles. The molecule has 1 heterocycles. The van der Waals surface area contributed by atoms with Gasteiger partial charge in [-0.05, 0) is 13.3 Å². The molecule has 0 amide bonds. The first-order valence-electron chi connectivity index (χ1n) is 6.13. The molecule has 5 nitrogen and oxygen atoms in total. The van der Waals surface area contributed by atoms with Crippen LogP contribution in [0.5, 0.6) is 0 Å². The Morgan fingerprint density at radius 1 is 1.61 bits per heavy atom. The maximum atomic E-state index is 11.8. The first kappa shape index (κ1) is 15.0. The lowest BCUT2D eigenvalue weighted by molar-refractivity contribution is -0.146. The Bertz CT molecular complexity index is 379. The summed E-state index contributed by atoms with van der Waals surface area (Å²) in [5.74, 6) is -0.218. The van der Waals surface area contributed by atoms with Crippen molar-refractivity contribution in [2.24, 2.45) is 0 Å². The number of halogens is 1. The van der Waals surface area contributed by atoms with Crippen LogP contribution in [0.3, 0.4) is 0 Å². The smallest absolute Gasteiger partial charge is 0.323 e. The molecule has 0 aromatic carbocycles. The topological polar surface area (TPSA) is 56.2 Å². The molecule has 6 heteroatoms. The Morgan fingerprint density at radius 3 is 2.83 bits per heavy atom. The van der Waals surface area contributed by atoms with Crippen LogP contribution in [0.1, 0.15) is 27.2 Å². The highest BCUT2D eigenvalue weighted by molar-refractivity contribution is 6.30. The molecule has 1 rings (SSSR count). The molecule has 0 saturated heterocycles. The van der Waals surface area contributed by atoms with Crippen LogP contribution >= 0.6 is 11.6 Å². The minimum Gasteiger partial charge on any atom is -0.465 e. The number of nitrogens with zero attached hydrogens (tertiary/aromatic N) is 2. The fraction of sp³-hybridized carbons (Fsp3) is 0.667. The molecular weight excluding hydrogens is 254 g/mol. The molecule has 1 atom stereocenters. The molecule has 1 unspecified atom stereocenters. The molecule has 0 fully saturated rings. The molecule has 1 aromatic rings. The van der Waals surface area contributed by atoms with E-state index in [9.17, 15) is 4.79 Å². The van der Waals surface area contributed by atoms with Crippen molar-refractivity contribution in [1.29, 1.82) is 0 Å². The maximum absolute atomic E-state index is 11.8. The van der Waals surface area contributed by atoms with E-state index in [0.29, 0.717) is 24.6 Å². The van der Waals surface area contributed by atoms with Gasteiger partial charge < -0.3 is 10.1 Å². The summed E-state index contributed by atoms with van der Waals surface area (Å²) in [6.45, 7) is 6.81. The standard InChI is InChI=1S/C12H20ClN3O2/c1-4-18-12(17)11(15-9(2)3)5-6-16-8-10(13)7-14-16/h7-9,11,15H,4-6H2,1-3H3. The molecule has 0 radical (unpaired) electrons. The van der Waals surface area contributed by atoms with Crippen LogP contribution < -0.4 is 5.32 Å². The third kappa shape index (κ3) is 5.06. The molecule has 0 bridgehead atoms.